The molecule has 0 radical (unpaired) electrons. The Morgan fingerprint density at radius 2 is 1.64 bits per heavy atom. The lowest BCUT2D eigenvalue weighted by Gasteiger charge is -2.35. The fraction of sp³-hybridized carbons (Fsp3) is 0.208. The topological polar surface area (TPSA) is 91.3 Å². The van der Waals surface area contributed by atoms with E-state index in [2.05, 4.69) is 16.1 Å². The van der Waals surface area contributed by atoms with Crippen molar-refractivity contribution < 1.29 is 36.7 Å². The van der Waals surface area contributed by atoms with Gasteiger partial charge < -0.3 is 19.3 Å². The third-order valence-electron chi connectivity index (χ3n) is 5.56. The summed E-state index contributed by atoms with van der Waals surface area (Å²) in [6.45, 7) is 2.67. The number of amides is 1. The van der Waals surface area contributed by atoms with Crippen LogP contribution in [0.5, 0.6) is 0 Å². The van der Waals surface area contributed by atoms with Crippen molar-refractivity contribution in [1.82, 2.24) is 14.5 Å². The van der Waals surface area contributed by atoms with Crippen molar-refractivity contribution in [2.75, 3.05) is 31.1 Å². The minimum Gasteiger partial charge on any atom is -0.475 e. The Morgan fingerprint density at radius 3 is 2.22 bits per heavy atom. The second-order valence-electron chi connectivity index (χ2n) is 7.84. The smallest absolute Gasteiger partial charge is 0.475 e. The third-order valence-corrected chi connectivity index (χ3v) is 5.56. The molecule has 3 aromatic heterocycles. The molecule has 1 aliphatic heterocycles. The maximum absolute atomic E-state index is 13.2. The molecule has 1 saturated heterocycles. The number of carbonyl (C=O) groups excluding carboxylic acids is 1. The molecule has 0 spiro atoms. The highest BCUT2D eigenvalue weighted by Gasteiger charge is 2.38. The van der Waals surface area contributed by atoms with E-state index in [-0.39, 0.29) is 11.7 Å². The monoisotopic (exact) mass is 504 g/mol. The van der Waals surface area contributed by atoms with Crippen molar-refractivity contribution >= 4 is 23.1 Å². The standard InChI is InChI=1S/C22H19FN4O2.C2HF3O2/c23-18-5-3-16(4-6-18)17-7-8-27-19(14-17)20(15-24-27)25-9-11-26(12-10-25)22(28)21-2-1-13-29-21;3-2(4,5)1(6)7/h1-8,13-15H,9-12H2;(H,6,7). The number of furan rings is 1. The van der Waals surface area contributed by atoms with E-state index in [4.69, 9.17) is 14.3 Å². The molecule has 0 atom stereocenters. The van der Waals surface area contributed by atoms with E-state index in [0.29, 0.717) is 31.9 Å². The second kappa shape index (κ2) is 10.1. The van der Waals surface area contributed by atoms with Gasteiger partial charge in [-0.3, -0.25) is 4.79 Å². The highest BCUT2D eigenvalue weighted by molar-refractivity contribution is 5.91. The van der Waals surface area contributed by atoms with Crippen molar-refractivity contribution in [1.29, 1.82) is 0 Å². The zero-order valence-electron chi connectivity index (χ0n) is 18.7. The molecular formula is C24H20F4N4O4. The number of nitrogens with zero attached hydrogens (tertiary/aromatic N) is 4. The molecule has 1 N–H and O–H groups in total. The second-order valence-corrected chi connectivity index (χ2v) is 7.84. The van der Waals surface area contributed by atoms with Crippen molar-refractivity contribution in [3.8, 4) is 11.1 Å². The Kier molecular flexibility index (Phi) is 6.95. The number of alkyl halides is 3. The molecule has 8 nitrogen and oxygen atoms in total. The summed E-state index contributed by atoms with van der Waals surface area (Å²) in [7, 11) is 0. The number of aromatic nitrogens is 2. The van der Waals surface area contributed by atoms with Crippen LogP contribution < -0.4 is 4.90 Å². The molecule has 0 saturated carbocycles. The number of benzene rings is 1. The minimum atomic E-state index is -5.08. The van der Waals surface area contributed by atoms with Gasteiger partial charge in [0.05, 0.1) is 23.7 Å². The zero-order chi connectivity index (χ0) is 25.9. The summed E-state index contributed by atoms with van der Waals surface area (Å²) in [5, 5.41) is 11.6. The number of anilines is 1. The van der Waals surface area contributed by atoms with Crippen LogP contribution in [0.25, 0.3) is 16.6 Å². The molecule has 36 heavy (non-hydrogen) atoms. The first-order valence-corrected chi connectivity index (χ1v) is 10.7. The molecule has 1 amide bonds. The SMILES string of the molecule is O=C(O)C(F)(F)F.O=C(c1ccco1)N1CCN(c2cnn3ccc(-c4ccc(F)cc4)cc23)CC1. The number of hydrogen-bond acceptors (Lipinski definition) is 5. The number of fused-ring (bicyclic) bond motifs is 1. The van der Waals surface area contributed by atoms with Gasteiger partial charge in [0.1, 0.15) is 5.82 Å². The molecule has 12 heteroatoms. The molecule has 4 aromatic rings. The largest absolute Gasteiger partial charge is 0.490 e. The Morgan fingerprint density at radius 1 is 0.972 bits per heavy atom. The lowest BCUT2D eigenvalue weighted by Crippen LogP contribution is -2.48. The number of piperazine rings is 1. The fourth-order valence-corrected chi connectivity index (χ4v) is 3.74. The third kappa shape index (κ3) is 5.48. The number of hydrogen-bond donors (Lipinski definition) is 1. The van der Waals surface area contributed by atoms with E-state index in [9.17, 15) is 22.4 Å². The summed E-state index contributed by atoms with van der Waals surface area (Å²) in [6, 6.07) is 13.9. The van der Waals surface area contributed by atoms with Gasteiger partial charge in [0.15, 0.2) is 5.76 Å². The first-order valence-electron chi connectivity index (χ1n) is 10.7. The lowest BCUT2D eigenvalue weighted by atomic mass is 10.1. The van der Waals surface area contributed by atoms with Crippen LogP contribution in [-0.2, 0) is 4.79 Å². The molecule has 188 valence electrons. The summed E-state index contributed by atoms with van der Waals surface area (Å²) < 4.78 is 52.0. The number of rotatable bonds is 3. The van der Waals surface area contributed by atoms with Crippen LogP contribution in [0.2, 0.25) is 0 Å². The van der Waals surface area contributed by atoms with Gasteiger partial charge in [0.25, 0.3) is 5.91 Å². The normalized spacial score (nSPS) is 13.9. The number of carboxylic acids is 1. The van der Waals surface area contributed by atoms with Crippen molar-refractivity contribution in [2.45, 2.75) is 6.18 Å². The molecule has 1 aromatic carbocycles. The molecule has 1 fully saturated rings. The van der Waals surface area contributed by atoms with Crippen LogP contribution in [0.3, 0.4) is 0 Å². The molecule has 1 aliphatic rings. The molecule has 0 unspecified atom stereocenters. The summed E-state index contributed by atoms with van der Waals surface area (Å²) in [4.78, 5) is 25.4. The van der Waals surface area contributed by atoms with Gasteiger partial charge in [0, 0.05) is 32.4 Å². The quantitative estimate of drug-likeness (QED) is 0.418. The predicted molar refractivity (Wildman–Crippen MR) is 121 cm³/mol. The Labute approximate surface area is 201 Å². The maximum atomic E-state index is 13.2. The van der Waals surface area contributed by atoms with E-state index >= 15 is 0 Å². The number of pyridine rings is 1. The van der Waals surface area contributed by atoms with Gasteiger partial charge in [-0.25, -0.2) is 13.7 Å². The predicted octanol–water partition coefficient (Wildman–Crippen LogP) is 4.33. The van der Waals surface area contributed by atoms with Gasteiger partial charge in [-0.2, -0.15) is 18.3 Å². The van der Waals surface area contributed by atoms with Crippen molar-refractivity contribution in [3.63, 3.8) is 0 Å². The van der Waals surface area contributed by atoms with E-state index in [1.54, 1.807) is 24.3 Å². The average molecular weight is 504 g/mol. The molecule has 0 bridgehead atoms. The van der Waals surface area contributed by atoms with Crippen molar-refractivity contribution in [2.24, 2.45) is 0 Å². The Bertz CT molecular complexity index is 1340. The van der Waals surface area contributed by atoms with Crippen LogP contribution in [0, 0.1) is 5.82 Å². The molecule has 5 rings (SSSR count). The summed E-state index contributed by atoms with van der Waals surface area (Å²) >= 11 is 0. The van der Waals surface area contributed by atoms with E-state index < -0.39 is 12.1 Å². The van der Waals surface area contributed by atoms with Crippen LogP contribution >= 0.6 is 0 Å². The Hall–Kier alpha value is -4.35. The summed E-state index contributed by atoms with van der Waals surface area (Å²) in [6.07, 6.45) is 0.198. The molecule has 0 aliphatic carbocycles. The van der Waals surface area contributed by atoms with Gasteiger partial charge >= 0.3 is 12.1 Å². The zero-order valence-corrected chi connectivity index (χ0v) is 18.7. The van der Waals surface area contributed by atoms with Crippen LogP contribution in [0.15, 0.2) is 71.6 Å². The maximum Gasteiger partial charge on any atom is 0.490 e. The first-order chi connectivity index (χ1) is 17.1. The highest BCUT2D eigenvalue weighted by Crippen LogP contribution is 2.28. The average Bonchev–Trinajstić information content (AvgIpc) is 3.54. The number of aliphatic carboxylic acids is 1. The van der Waals surface area contributed by atoms with Gasteiger partial charge in [-0.1, -0.05) is 12.1 Å². The summed E-state index contributed by atoms with van der Waals surface area (Å²) in [5.74, 6) is -2.71. The van der Waals surface area contributed by atoms with E-state index in [0.717, 1.165) is 22.3 Å². The van der Waals surface area contributed by atoms with E-state index in [1.807, 2.05) is 27.9 Å². The van der Waals surface area contributed by atoms with Crippen molar-refractivity contribution in [3.05, 3.63) is 78.8 Å². The first kappa shape index (κ1) is 24.8. The molecular weight excluding hydrogens is 484 g/mol. The van der Waals surface area contributed by atoms with Gasteiger partial charge in [-0.05, 0) is 47.5 Å². The van der Waals surface area contributed by atoms with Gasteiger partial charge in [-0.15, -0.1) is 0 Å². The number of halogens is 4. The van der Waals surface area contributed by atoms with Crippen LogP contribution in [0.4, 0.5) is 23.2 Å². The lowest BCUT2D eigenvalue weighted by molar-refractivity contribution is -0.192. The number of carboxylic acid groups (broad SMARTS) is 1. The van der Waals surface area contributed by atoms with Crippen LogP contribution in [0.1, 0.15) is 10.6 Å². The number of carbonyl (C=O) groups is 2. The fourth-order valence-electron chi connectivity index (χ4n) is 3.74. The van der Waals surface area contributed by atoms with E-state index in [1.165, 1.54) is 18.4 Å². The minimum absolute atomic E-state index is 0.0758. The Balaban J connectivity index is 0.000000384. The van der Waals surface area contributed by atoms with Crippen LogP contribution in [-0.4, -0.2) is 63.9 Å². The molecule has 4 heterocycles. The summed E-state index contributed by atoms with van der Waals surface area (Å²) in [5.41, 5.74) is 3.97. The van der Waals surface area contributed by atoms with Gasteiger partial charge in [0.2, 0.25) is 0 Å². The highest BCUT2D eigenvalue weighted by atomic mass is 19.4.